The zero-order valence-corrected chi connectivity index (χ0v) is 19.4. The molecule has 2 saturated carbocycles. The number of para-hydroxylation sites is 1. The van der Waals surface area contributed by atoms with Gasteiger partial charge in [0.05, 0.1) is 11.6 Å². The molecule has 0 heterocycles. The maximum absolute atomic E-state index is 13.0. The highest BCUT2D eigenvalue weighted by Crippen LogP contribution is 2.60. The molecule has 4 rings (SSSR count). The molecular weight excluding hydrogens is 416 g/mol. The van der Waals surface area contributed by atoms with Crippen molar-refractivity contribution in [3.05, 3.63) is 60.2 Å². The second kappa shape index (κ2) is 9.66. The van der Waals surface area contributed by atoms with Crippen LogP contribution in [0.3, 0.4) is 0 Å². The van der Waals surface area contributed by atoms with Crippen LogP contribution in [0, 0.1) is 34.5 Å². The van der Waals surface area contributed by atoms with Gasteiger partial charge in [-0.3, -0.25) is 4.79 Å². The average molecular weight is 447 g/mol. The van der Waals surface area contributed by atoms with Gasteiger partial charge in [-0.15, -0.1) is 0 Å². The minimum Gasteiger partial charge on any atom is -0.457 e. The van der Waals surface area contributed by atoms with Gasteiger partial charge in [0.2, 0.25) is 6.10 Å². The Hall–Kier alpha value is -3.33. The molecule has 0 radical (unpaired) electrons. The summed E-state index contributed by atoms with van der Waals surface area (Å²) in [5.74, 6) is 1.42. The summed E-state index contributed by atoms with van der Waals surface area (Å²) in [5, 5.41) is 13.9. The van der Waals surface area contributed by atoms with Gasteiger partial charge in [0.15, 0.2) is 0 Å². The van der Waals surface area contributed by atoms with Crippen molar-refractivity contribution in [1.82, 2.24) is 0 Å². The van der Waals surface area contributed by atoms with Crippen LogP contribution in [0.5, 0.6) is 11.5 Å². The molecule has 0 amide bonds. The SMILES string of the molecule is CC(C[C@H]1[C@@H](C(=O)OC(C#N)c2cccc(Oc3ccccc3)c2)C1(C)C)=NOCC1CC1. The number of esters is 1. The smallest absolute Gasteiger partial charge is 0.311 e. The molecule has 0 aliphatic heterocycles. The second-order valence-electron chi connectivity index (χ2n) is 9.61. The summed E-state index contributed by atoms with van der Waals surface area (Å²) in [6.07, 6.45) is 2.12. The van der Waals surface area contributed by atoms with E-state index in [2.05, 4.69) is 25.1 Å². The van der Waals surface area contributed by atoms with Gasteiger partial charge < -0.3 is 14.3 Å². The molecule has 2 aromatic rings. The lowest BCUT2D eigenvalue weighted by molar-refractivity contribution is -0.149. The fraction of sp³-hybridized carbons (Fsp3) is 0.444. The first-order chi connectivity index (χ1) is 15.9. The summed E-state index contributed by atoms with van der Waals surface area (Å²) < 4.78 is 11.5. The monoisotopic (exact) mass is 446 g/mol. The van der Waals surface area contributed by atoms with E-state index in [-0.39, 0.29) is 23.2 Å². The maximum atomic E-state index is 13.0. The van der Waals surface area contributed by atoms with E-state index >= 15 is 0 Å². The Bertz CT molecular complexity index is 1050. The van der Waals surface area contributed by atoms with E-state index in [1.807, 2.05) is 37.3 Å². The predicted molar refractivity (Wildman–Crippen MR) is 125 cm³/mol. The molecule has 0 spiro atoms. The van der Waals surface area contributed by atoms with Crippen molar-refractivity contribution < 1.29 is 19.1 Å². The van der Waals surface area contributed by atoms with Gasteiger partial charge in [-0.2, -0.15) is 5.26 Å². The number of carbonyl (C=O) groups is 1. The van der Waals surface area contributed by atoms with Crippen LogP contribution in [-0.4, -0.2) is 18.3 Å². The molecule has 1 unspecified atom stereocenters. The zero-order chi connectivity index (χ0) is 23.4. The molecular formula is C27H30N2O4. The van der Waals surface area contributed by atoms with Crippen molar-refractivity contribution in [3.63, 3.8) is 0 Å². The number of nitriles is 1. The van der Waals surface area contributed by atoms with Crippen LogP contribution in [0.4, 0.5) is 0 Å². The van der Waals surface area contributed by atoms with Gasteiger partial charge in [0.1, 0.15) is 24.2 Å². The van der Waals surface area contributed by atoms with Crippen LogP contribution in [0.15, 0.2) is 59.8 Å². The molecule has 6 nitrogen and oxygen atoms in total. The van der Waals surface area contributed by atoms with Crippen LogP contribution in [0.1, 0.15) is 51.7 Å². The second-order valence-corrected chi connectivity index (χ2v) is 9.61. The highest BCUT2D eigenvalue weighted by atomic mass is 16.6. The highest BCUT2D eigenvalue weighted by Gasteiger charge is 2.62. The number of carbonyl (C=O) groups excluding carboxylic acids is 1. The lowest BCUT2D eigenvalue weighted by atomic mass is 10.1. The first-order valence-electron chi connectivity index (χ1n) is 11.5. The summed E-state index contributed by atoms with van der Waals surface area (Å²) in [6, 6.07) is 18.6. The van der Waals surface area contributed by atoms with E-state index in [1.165, 1.54) is 12.8 Å². The molecule has 6 heteroatoms. The number of oxime groups is 1. The van der Waals surface area contributed by atoms with Crippen LogP contribution >= 0.6 is 0 Å². The topological polar surface area (TPSA) is 80.9 Å². The van der Waals surface area contributed by atoms with Crippen molar-refractivity contribution in [1.29, 1.82) is 5.26 Å². The molecule has 2 fully saturated rings. The van der Waals surface area contributed by atoms with Crippen molar-refractivity contribution in [2.75, 3.05) is 6.61 Å². The van der Waals surface area contributed by atoms with E-state index in [0.717, 1.165) is 5.71 Å². The van der Waals surface area contributed by atoms with Gasteiger partial charge in [0, 0.05) is 5.56 Å². The molecule has 33 heavy (non-hydrogen) atoms. The van der Waals surface area contributed by atoms with Crippen LogP contribution in [0.25, 0.3) is 0 Å². The lowest BCUT2D eigenvalue weighted by Crippen LogP contribution is -2.15. The molecule has 0 aromatic heterocycles. The number of rotatable bonds is 10. The van der Waals surface area contributed by atoms with Crippen LogP contribution in [0.2, 0.25) is 0 Å². The number of ether oxygens (including phenoxy) is 2. The molecule has 3 atom stereocenters. The summed E-state index contributed by atoms with van der Waals surface area (Å²) in [6.45, 7) is 6.71. The number of benzene rings is 2. The largest absolute Gasteiger partial charge is 0.457 e. The lowest BCUT2D eigenvalue weighted by Gasteiger charge is -2.13. The van der Waals surface area contributed by atoms with Crippen molar-refractivity contribution in [3.8, 4) is 17.6 Å². The predicted octanol–water partition coefficient (Wildman–Crippen LogP) is 6.05. The van der Waals surface area contributed by atoms with Gasteiger partial charge in [0.25, 0.3) is 0 Å². The third kappa shape index (κ3) is 5.73. The maximum Gasteiger partial charge on any atom is 0.311 e. The van der Waals surface area contributed by atoms with E-state index < -0.39 is 6.10 Å². The molecule has 172 valence electrons. The van der Waals surface area contributed by atoms with Crippen LogP contribution in [-0.2, 0) is 14.4 Å². The van der Waals surface area contributed by atoms with Gasteiger partial charge in [-0.25, -0.2) is 0 Å². The third-order valence-electron chi connectivity index (χ3n) is 6.54. The Morgan fingerprint density at radius 2 is 1.88 bits per heavy atom. The standard InChI is InChI=1S/C27H30N2O4/c1-18(29-31-17-19-12-13-19)14-23-25(27(23,2)3)26(30)33-24(16-28)20-8-7-11-22(15-20)32-21-9-5-4-6-10-21/h4-11,15,19,23-25H,12-14,17H2,1-3H3/t23-,24?,25-/m0/s1. The van der Waals surface area contributed by atoms with Gasteiger partial charge in [-0.05, 0) is 67.7 Å². The third-order valence-corrected chi connectivity index (χ3v) is 6.54. The molecule has 0 bridgehead atoms. The van der Waals surface area contributed by atoms with Gasteiger partial charge in [-0.1, -0.05) is 49.3 Å². The quantitative estimate of drug-likeness (QED) is 0.252. The summed E-state index contributed by atoms with van der Waals surface area (Å²) >= 11 is 0. The molecule has 0 saturated heterocycles. The molecule has 2 aliphatic rings. The summed E-state index contributed by atoms with van der Waals surface area (Å²) in [7, 11) is 0. The van der Waals surface area contributed by atoms with Gasteiger partial charge >= 0.3 is 5.97 Å². The summed E-state index contributed by atoms with van der Waals surface area (Å²) in [5.41, 5.74) is 1.26. The van der Waals surface area contributed by atoms with E-state index in [9.17, 15) is 10.1 Å². The normalized spacial score (nSPS) is 22.1. The number of nitrogens with zero attached hydrogens (tertiary/aromatic N) is 2. The van der Waals surface area contributed by atoms with Crippen molar-refractivity contribution in [2.45, 2.75) is 46.1 Å². The first kappa shape index (κ1) is 22.8. The highest BCUT2D eigenvalue weighted by molar-refractivity contribution is 5.85. The fourth-order valence-corrected chi connectivity index (χ4v) is 4.21. The van der Waals surface area contributed by atoms with Crippen molar-refractivity contribution >= 4 is 11.7 Å². The number of hydrogen-bond acceptors (Lipinski definition) is 6. The zero-order valence-electron chi connectivity index (χ0n) is 19.4. The average Bonchev–Trinajstić information content (AvgIpc) is 3.70. The summed E-state index contributed by atoms with van der Waals surface area (Å²) in [4.78, 5) is 18.4. The van der Waals surface area contributed by atoms with Crippen LogP contribution < -0.4 is 4.74 Å². The Morgan fingerprint density at radius 1 is 1.15 bits per heavy atom. The Morgan fingerprint density at radius 3 is 2.58 bits per heavy atom. The Labute approximate surface area is 195 Å². The Kier molecular flexibility index (Phi) is 6.69. The fourth-order valence-electron chi connectivity index (χ4n) is 4.21. The first-order valence-corrected chi connectivity index (χ1v) is 11.5. The Balaban J connectivity index is 1.36. The molecule has 2 aliphatic carbocycles. The van der Waals surface area contributed by atoms with E-state index in [0.29, 0.717) is 36.0 Å². The van der Waals surface area contributed by atoms with Crippen molar-refractivity contribution in [2.24, 2.45) is 28.3 Å². The van der Waals surface area contributed by atoms with E-state index in [4.69, 9.17) is 14.3 Å². The molecule has 2 aromatic carbocycles. The minimum absolute atomic E-state index is 0.116. The van der Waals surface area contributed by atoms with E-state index in [1.54, 1.807) is 24.3 Å². The number of hydrogen-bond donors (Lipinski definition) is 0. The molecule has 0 N–H and O–H groups in total. The minimum atomic E-state index is -0.995.